The molecule has 152 valence electrons. The molecule has 0 radical (unpaired) electrons. The van der Waals surface area contributed by atoms with Crippen LogP contribution in [0.3, 0.4) is 0 Å². The summed E-state index contributed by atoms with van der Waals surface area (Å²) in [6, 6.07) is 7.22. The molecular weight excluding hydrogens is 493 g/mol. The molecule has 0 amide bonds. The average Bonchev–Trinajstić information content (AvgIpc) is 2.69. The average molecular weight is 518 g/mol. The minimum Gasteiger partial charge on any atom is -0.495 e. The topological polar surface area (TPSA) is 91.9 Å². The highest BCUT2D eigenvalue weighted by atomic mass is 127. The van der Waals surface area contributed by atoms with E-state index in [1.807, 2.05) is 12.1 Å². The van der Waals surface area contributed by atoms with Crippen molar-refractivity contribution in [2.45, 2.75) is 0 Å². The first-order chi connectivity index (χ1) is 13.2. The summed E-state index contributed by atoms with van der Waals surface area (Å²) in [5.41, 5.74) is 6.74. The van der Waals surface area contributed by atoms with Crippen molar-refractivity contribution in [3.05, 3.63) is 41.7 Å². The summed E-state index contributed by atoms with van der Waals surface area (Å²) in [7, 11) is 1.58. The second-order valence-corrected chi connectivity index (χ2v) is 6.53. The Morgan fingerprint density at radius 3 is 2.61 bits per heavy atom. The van der Waals surface area contributed by atoms with E-state index in [9.17, 15) is 0 Å². The quantitative estimate of drug-likeness (QED) is 0.345. The lowest BCUT2D eigenvalue weighted by Crippen LogP contribution is -2.47. The van der Waals surface area contributed by atoms with Crippen LogP contribution in [0.2, 0.25) is 5.02 Å². The van der Waals surface area contributed by atoms with Gasteiger partial charge in [0.2, 0.25) is 5.95 Å². The highest BCUT2D eigenvalue weighted by Gasteiger charge is 2.18. The third-order valence-corrected chi connectivity index (χ3v) is 4.63. The largest absolute Gasteiger partial charge is 0.495 e. The van der Waals surface area contributed by atoms with Gasteiger partial charge in [-0.2, -0.15) is 0 Å². The number of halogens is 2. The predicted octanol–water partition coefficient (Wildman–Crippen LogP) is 2.31. The zero-order chi connectivity index (χ0) is 19.1. The van der Waals surface area contributed by atoms with Crippen molar-refractivity contribution in [1.82, 2.24) is 14.9 Å². The minimum absolute atomic E-state index is 0. The molecule has 0 unspecified atom stereocenters. The van der Waals surface area contributed by atoms with Gasteiger partial charge in [0.15, 0.2) is 5.96 Å². The van der Waals surface area contributed by atoms with Crippen molar-refractivity contribution in [2.75, 3.05) is 56.6 Å². The standard InChI is InChI=1S/C18H24ClN7O.HI/c1-27-16-4-3-14(13-15(16)19)24-17(20)21-7-8-25-9-11-26(12-10-25)18-22-5-2-6-23-18;/h2-6,13H,7-12H2,1H3,(H3,20,21,24);1H. The third kappa shape index (κ3) is 6.35. The van der Waals surface area contributed by atoms with Crippen LogP contribution in [0.1, 0.15) is 0 Å². The van der Waals surface area contributed by atoms with E-state index in [2.05, 4.69) is 30.1 Å². The molecule has 0 saturated carbocycles. The Morgan fingerprint density at radius 1 is 1.25 bits per heavy atom. The number of aromatic nitrogens is 2. The maximum atomic E-state index is 6.11. The number of benzene rings is 1. The van der Waals surface area contributed by atoms with Gasteiger partial charge in [0.1, 0.15) is 5.75 Å². The van der Waals surface area contributed by atoms with Gasteiger partial charge >= 0.3 is 0 Å². The Kier molecular flexibility index (Phi) is 9.00. The highest BCUT2D eigenvalue weighted by molar-refractivity contribution is 14.0. The summed E-state index contributed by atoms with van der Waals surface area (Å²) in [5.74, 6) is 1.78. The van der Waals surface area contributed by atoms with Crippen molar-refractivity contribution >= 4 is 53.2 Å². The maximum Gasteiger partial charge on any atom is 0.225 e. The first-order valence-corrected chi connectivity index (χ1v) is 9.18. The Balaban J connectivity index is 0.00000280. The molecule has 2 heterocycles. The first kappa shape index (κ1) is 22.4. The molecule has 3 rings (SSSR count). The number of guanidine groups is 1. The van der Waals surface area contributed by atoms with Gasteiger partial charge in [0, 0.05) is 50.8 Å². The lowest BCUT2D eigenvalue weighted by Gasteiger charge is -2.34. The van der Waals surface area contributed by atoms with Crippen LogP contribution in [0.4, 0.5) is 11.6 Å². The van der Waals surface area contributed by atoms with Crippen molar-refractivity contribution in [3.8, 4) is 5.75 Å². The zero-order valence-corrected chi connectivity index (χ0v) is 18.8. The van der Waals surface area contributed by atoms with Crippen LogP contribution in [0.15, 0.2) is 41.7 Å². The lowest BCUT2D eigenvalue weighted by molar-refractivity contribution is 0.264. The number of piperazine rings is 1. The lowest BCUT2D eigenvalue weighted by atomic mass is 10.3. The smallest absolute Gasteiger partial charge is 0.225 e. The summed E-state index contributed by atoms with van der Waals surface area (Å²) in [6.07, 6.45) is 3.55. The van der Waals surface area contributed by atoms with E-state index in [4.69, 9.17) is 22.1 Å². The molecule has 1 aliphatic heterocycles. The molecule has 1 saturated heterocycles. The van der Waals surface area contributed by atoms with E-state index in [1.54, 1.807) is 31.6 Å². The monoisotopic (exact) mass is 517 g/mol. The van der Waals surface area contributed by atoms with E-state index in [0.29, 0.717) is 23.3 Å². The zero-order valence-electron chi connectivity index (χ0n) is 15.7. The summed E-state index contributed by atoms with van der Waals surface area (Å²) in [4.78, 5) is 17.6. The van der Waals surface area contributed by atoms with Crippen LogP contribution in [-0.2, 0) is 0 Å². The number of rotatable bonds is 6. The van der Waals surface area contributed by atoms with Gasteiger partial charge in [-0.15, -0.1) is 24.0 Å². The Bertz CT molecular complexity index is 770. The van der Waals surface area contributed by atoms with Crippen molar-refractivity contribution in [1.29, 1.82) is 0 Å². The fourth-order valence-electron chi connectivity index (χ4n) is 2.87. The number of hydrogen-bond donors (Lipinski definition) is 2. The second-order valence-electron chi connectivity index (χ2n) is 6.12. The molecule has 2 aromatic rings. The van der Waals surface area contributed by atoms with Crippen molar-refractivity contribution in [3.63, 3.8) is 0 Å². The van der Waals surface area contributed by atoms with E-state index < -0.39 is 0 Å². The number of nitrogens with zero attached hydrogens (tertiary/aromatic N) is 5. The Morgan fingerprint density at radius 2 is 1.96 bits per heavy atom. The summed E-state index contributed by atoms with van der Waals surface area (Å²) in [5, 5.41) is 3.57. The van der Waals surface area contributed by atoms with Gasteiger partial charge in [-0.3, -0.25) is 9.89 Å². The number of anilines is 2. The van der Waals surface area contributed by atoms with Crippen LogP contribution in [-0.4, -0.2) is 67.2 Å². The number of nitrogens with two attached hydrogens (primary N) is 1. The molecular formula is C18H25ClIN7O. The number of methoxy groups -OCH3 is 1. The molecule has 1 aromatic carbocycles. The van der Waals surface area contributed by atoms with E-state index in [0.717, 1.165) is 44.4 Å². The maximum absolute atomic E-state index is 6.11. The van der Waals surface area contributed by atoms with E-state index in [1.165, 1.54) is 0 Å². The number of nitrogens with one attached hydrogen (secondary N) is 1. The molecule has 28 heavy (non-hydrogen) atoms. The van der Waals surface area contributed by atoms with Gasteiger partial charge in [-0.25, -0.2) is 9.97 Å². The summed E-state index contributed by atoms with van der Waals surface area (Å²) < 4.78 is 5.13. The van der Waals surface area contributed by atoms with E-state index >= 15 is 0 Å². The van der Waals surface area contributed by atoms with E-state index in [-0.39, 0.29) is 24.0 Å². The van der Waals surface area contributed by atoms with Gasteiger partial charge < -0.3 is 20.7 Å². The Hall–Kier alpha value is -1.85. The van der Waals surface area contributed by atoms with Gasteiger partial charge in [0.05, 0.1) is 18.7 Å². The second kappa shape index (κ2) is 11.2. The van der Waals surface area contributed by atoms with Crippen molar-refractivity contribution in [2.24, 2.45) is 10.7 Å². The number of aliphatic imine (C=N–C) groups is 1. The van der Waals surface area contributed by atoms with Crippen molar-refractivity contribution < 1.29 is 4.74 Å². The third-order valence-electron chi connectivity index (χ3n) is 4.33. The van der Waals surface area contributed by atoms with Gasteiger partial charge in [0.25, 0.3) is 0 Å². The van der Waals surface area contributed by atoms with Crippen LogP contribution in [0.25, 0.3) is 0 Å². The molecule has 0 spiro atoms. The Labute approximate surface area is 187 Å². The molecule has 10 heteroatoms. The first-order valence-electron chi connectivity index (χ1n) is 8.80. The van der Waals surface area contributed by atoms with Crippen LogP contribution >= 0.6 is 35.6 Å². The number of ether oxygens (including phenoxy) is 1. The molecule has 3 N–H and O–H groups in total. The molecule has 1 aliphatic rings. The molecule has 1 aromatic heterocycles. The van der Waals surface area contributed by atoms with Gasteiger partial charge in [-0.1, -0.05) is 11.6 Å². The molecule has 0 bridgehead atoms. The summed E-state index contributed by atoms with van der Waals surface area (Å²) >= 11 is 6.11. The van der Waals surface area contributed by atoms with Crippen LogP contribution < -0.4 is 20.7 Å². The normalized spacial score (nSPS) is 15.1. The van der Waals surface area contributed by atoms with Gasteiger partial charge in [-0.05, 0) is 24.3 Å². The molecule has 8 nitrogen and oxygen atoms in total. The predicted molar refractivity (Wildman–Crippen MR) is 124 cm³/mol. The number of hydrogen-bond acceptors (Lipinski definition) is 6. The molecule has 0 aliphatic carbocycles. The SMILES string of the molecule is COc1ccc(NC(N)=NCCN2CCN(c3ncccn3)CC2)cc1Cl.I. The fraction of sp³-hybridized carbons (Fsp3) is 0.389. The van der Waals surface area contributed by atoms with Crippen LogP contribution in [0.5, 0.6) is 5.75 Å². The summed E-state index contributed by atoms with van der Waals surface area (Å²) in [6.45, 7) is 5.21. The highest BCUT2D eigenvalue weighted by Crippen LogP contribution is 2.27. The fourth-order valence-corrected chi connectivity index (χ4v) is 3.13. The molecule has 0 atom stereocenters. The molecule has 1 fully saturated rings. The minimum atomic E-state index is 0. The van der Waals surface area contributed by atoms with Crippen LogP contribution in [0, 0.1) is 0 Å².